The van der Waals surface area contributed by atoms with E-state index in [0.717, 1.165) is 10.0 Å². The van der Waals surface area contributed by atoms with E-state index in [0.29, 0.717) is 23.0 Å². The highest BCUT2D eigenvalue weighted by Crippen LogP contribution is 2.25. The lowest BCUT2D eigenvalue weighted by atomic mass is 10.2. The zero-order valence-electron chi connectivity index (χ0n) is 10.2. The third kappa shape index (κ3) is 3.61. The Morgan fingerprint density at radius 2 is 2.05 bits per heavy atom. The molecule has 0 saturated carbocycles. The lowest BCUT2D eigenvalue weighted by Crippen LogP contribution is -2.02. The van der Waals surface area contributed by atoms with Crippen LogP contribution in [0.1, 0.15) is 5.56 Å². The molecule has 0 fully saturated rings. The molecular weight excluding hydrogens is 333 g/mol. The van der Waals surface area contributed by atoms with Gasteiger partial charge in [0.15, 0.2) is 0 Å². The highest BCUT2D eigenvalue weighted by molar-refractivity contribution is 9.10. The molecule has 2 aromatic carbocycles. The number of ether oxygens (including phenoxy) is 1. The van der Waals surface area contributed by atoms with Crippen molar-refractivity contribution in [1.82, 2.24) is 0 Å². The van der Waals surface area contributed by atoms with E-state index >= 15 is 0 Å². The second-order valence-electron chi connectivity index (χ2n) is 3.95. The van der Waals surface area contributed by atoms with Crippen molar-refractivity contribution in [2.75, 3.05) is 12.4 Å². The lowest BCUT2D eigenvalue weighted by Gasteiger charge is -2.10. The van der Waals surface area contributed by atoms with Crippen LogP contribution in [0.2, 0.25) is 5.02 Å². The largest absolute Gasteiger partial charge is 0.497 e. The van der Waals surface area contributed by atoms with Crippen molar-refractivity contribution in [3.63, 3.8) is 0 Å². The van der Waals surface area contributed by atoms with Crippen LogP contribution in [0.3, 0.4) is 0 Å². The third-order valence-corrected chi connectivity index (χ3v) is 3.85. The molecule has 2 nitrogen and oxygen atoms in total. The minimum Gasteiger partial charge on any atom is -0.497 e. The standard InChI is InChI=1S/C14H12BrClFNO/c1-19-10-3-5-13(17)14(7-10)18-8-9-2-4-12(16)11(15)6-9/h2-7,18H,8H2,1H3. The number of rotatable bonds is 4. The number of halogens is 3. The Labute approximate surface area is 124 Å². The molecule has 100 valence electrons. The third-order valence-electron chi connectivity index (χ3n) is 2.64. The average molecular weight is 345 g/mol. The van der Waals surface area contributed by atoms with Crippen LogP contribution in [0.4, 0.5) is 10.1 Å². The molecule has 0 aromatic heterocycles. The first kappa shape index (κ1) is 14.2. The van der Waals surface area contributed by atoms with Crippen LogP contribution >= 0.6 is 27.5 Å². The predicted octanol–water partition coefficient (Wildman–Crippen LogP) is 4.86. The van der Waals surface area contributed by atoms with Crippen LogP contribution in [0.25, 0.3) is 0 Å². The van der Waals surface area contributed by atoms with Crippen molar-refractivity contribution in [1.29, 1.82) is 0 Å². The van der Waals surface area contributed by atoms with Gasteiger partial charge in [0, 0.05) is 17.1 Å². The lowest BCUT2D eigenvalue weighted by molar-refractivity contribution is 0.414. The first-order valence-electron chi connectivity index (χ1n) is 5.61. The molecule has 0 aliphatic heterocycles. The molecule has 0 amide bonds. The first-order valence-corrected chi connectivity index (χ1v) is 6.78. The molecule has 0 atom stereocenters. The van der Waals surface area contributed by atoms with Gasteiger partial charge in [-0.1, -0.05) is 17.7 Å². The number of hydrogen-bond acceptors (Lipinski definition) is 2. The van der Waals surface area contributed by atoms with Gasteiger partial charge in [-0.15, -0.1) is 0 Å². The number of hydrogen-bond donors (Lipinski definition) is 1. The van der Waals surface area contributed by atoms with Crippen molar-refractivity contribution in [2.24, 2.45) is 0 Å². The molecule has 5 heteroatoms. The number of benzene rings is 2. The molecule has 2 rings (SSSR count). The summed E-state index contributed by atoms with van der Waals surface area (Å²) in [4.78, 5) is 0. The van der Waals surface area contributed by atoms with Crippen molar-refractivity contribution in [3.05, 3.63) is 57.3 Å². The summed E-state index contributed by atoms with van der Waals surface area (Å²) in [5.41, 5.74) is 1.41. The van der Waals surface area contributed by atoms with E-state index in [4.69, 9.17) is 16.3 Å². The molecule has 19 heavy (non-hydrogen) atoms. The van der Waals surface area contributed by atoms with Crippen molar-refractivity contribution < 1.29 is 9.13 Å². The van der Waals surface area contributed by atoms with Gasteiger partial charge in [0.05, 0.1) is 17.8 Å². The number of anilines is 1. The minimum atomic E-state index is -0.311. The van der Waals surface area contributed by atoms with E-state index in [2.05, 4.69) is 21.2 Å². The van der Waals surface area contributed by atoms with E-state index in [9.17, 15) is 4.39 Å². The Balaban J connectivity index is 2.11. The van der Waals surface area contributed by atoms with Crippen LogP contribution < -0.4 is 10.1 Å². The topological polar surface area (TPSA) is 21.3 Å². The molecule has 0 saturated heterocycles. The zero-order chi connectivity index (χ0) is 13.8. The van der Waals surface area contributed by atoms with Gasteiger partial charge in [-0.05, 0) is 45.8 Å². The summed E-state index contributed by atoms with van der Waals surface area (Å²) in [5, 5.41) is 3.68. The molecule has 0 aliphatic carbocycles. The molecule has 0 spiro atoms. The summed E-state index contributed by atoms with van der Waals surface area (Å²) in [6, 6.07) is 10.2. The predicted molar refractivity (Wildman–Crippen MR) is 79.4 cm³/mol. The highest BCUT2D eigenvalue weighted by Gasteiger charge is 2.04. The zero-order valence-corrected chi connectivity index (χ0v) is 12.6. The van der Waals surface area contributed by atoms with Crippen LogP contribution in [-0.4, -0.2) is 7.11 Å². The Kier molecular flexibility index (Phi) is 4.66. The number of methoxy groups -OCH3 is 1. The summed E-state index contributed by atoms with van der Waals surface area (Å²) in [5.74, 6) is 0.301. The fourth-order valence-electron chi connectivity index (χ4n) is 1.61. The van der Waals surface area contributed by atoms with Gasteiger partial charge in [-0.25, -0.2) is 4.39 Å². The smallest absolute Gasteiger partial charge is 0.146 e. The molecule has 1 N–H and O–H groups in total. The Hall–Kier alpha value is -1.26. The summed E-state index contributed by atoms with van der Waals surface area (Å²) in [7, 11) is 1.55. The fraction of sp³-hybridized carbons (Fsp3) is 0.143. The van der Waals surface area contributed by atoms with E-state index in [-0.39, 0.29) is 5.82 Å². The van der Waals surface area contributed by atoms with E-state index in [1.54, 1.807) is 25.3 Å². The maximum Gasteiger partial charge on any atom is 0.146 e. The molecule has 0 unspecified atom stereocenters. The fourth-order valence-corrected chi connectivity index (χ4v) is 2.16. The molecule has 0 radical (unpaired) electrons. The quantitative estimate of drug-likeness (QED) is 0.855. The summed E-state index contributed by atoms with van der Waals surface area (Å²) >= 11 is 9.27. The van der Waals surface area contributed by atoms with E-state index in [1.165, 1.54) is 6.07 Å². The van der Waals surface area contributed by atoms with Crippen LogP contribution in [0.15, 0.2) is 40.9 Å². The highest BCUT2D eigenvalue weighted by atomic mass is 79.9. The monoisotopic (exact) mass is 343 g/mol. The normalized spacial score (nSPS) is 10.3. The summed E-state index contributed by atoms with van der Waals surface area (Å²) < 4.78 is 19.5. The van der Waals surface area contributed by atoms with Gasteiger partial charge in [0.1, 0.15) is 11.6 Å². The Bertz CT molecular complexity index is 592. The molecular formula is C14H12BrClFNO. The van der Waals surface area contributed by atoms with Gasteiger partial charge in [-0.2, -0.15) is 0 Å². The van der Waals surface area contributed by atoms with Gasteiger partial charge in [0.2, 0.25) is 0 Å². The molecule has 0 heterocycles. The number of nitrogens with one attached hydrogen (secondary N) is 1. The van der Waals surface area contributed by atoms with Crippen molar-refractivity contribution >= 4 is 33.2 Å². The minimum absolute atomic E-state index is 0.311. The van der Waals surface area contributed by atoms with Crippen LogP contribution in [0, 0.1) is 5.82 Å². The maximum atomic E-state index is 13.6. The average Bonchev–Trinajstić information content (AvgIpc) is 2.41. The van der Waals surface area contributed by atoms with Gasteiger partial charge >= 0.3 is 0 Å². The van der Waals surface area contributed by atoms with E-state index in [1.807, 2.05) is 12.1 Å². The first-order chi connectivity index (χ1) is 9.10. The van der Waals surface area contributed by atoms with Crippen molar-refractivity contribution in [2.45, 2.75) is 6.54 Å². The second kappa shape index (κ2) is 6.26. The van der Waals surface area contributed by atoms with Crippen LogP contribution in [0.5, 0.6) is 5.75 Å². The van der Waals surface area contributed by atoms with Gasteiger partial charge in [-0.3, -0.25) is 0 Å². The van der Waals surface area contributed by atoms with Gasteiger partial charge < -0.3 is 10.1 Å². The molecule has 0 aliphatic rings. The maximum absolute atomic E-state index is 13.6. The van der Waals surface area contributed by atoms with Crippen molar-refractivity contribution in [3.8, 4) is 5.75 Å². The summed E-state index contributed by atoms with van der Waals surface area (Å²) in [6.45, 7) is 0.500. The van der Waals surface area contributed by atoms with Crippen LogP contribution in [-0.2, 0) is 6.54 Å². The Morgan fingerprint density at radius 3 is 2.74 bits per heavy atom. The molecule has 0 bridgehead atoms. The summed E-state index contributed by atoms with van der Waals surface area (Å²) in [6.07, 6.45) is 0. The Morgan fingerprint density at radius 1 is 1.26 bits per heavy atom. The molecule has 2 aromatic rings. The SMILES string of the molecule is COc1ccc(F)c(NCc2ccc(Cl)c(Br)c2)c1. The van der Waals surface area contributed by atoms with E-state index < -0.39 is 0 Å². The van der Waals surface area contributed by atoms with Gasteiger partial charge in [0.25, 0.3) is 0 Å². The second-order valence-corrected chi connectivity index (χ2v) is 5.21.